The molecule has 0 heterocycles. The molecule has 1 aromatic rings. The topological polar surface area (TPSA) is 49.5 Å². The molecule has 0 bridgehead atoms. The smallest absolute Gasteiger partial charge is 0.0606 e. The van der Waals surface area contributed by atoms with Crippen molar-refractivity contribution < 1.29 is 5.11 Å². The molecule has 4 heteroatoms. The maximum atomic E-state index is 8.99. The van der Waals surface area contributed by atoms with Gasteiger partial charge in [0.15, 0.2) is 0 Å². The number of aliphatic hydroxyl groups is 1. The van der Waals surface area contributed by atoms with Crippen molar-refractivity contribution in [3.05, 3.63) is 22.7 Å². The fourth-order valence-electron chi connectivity index (χ4n) is 1.52. The average Bonchev–Trinajstić information content (AvgIpc) is 2.17. The Morgan fingerprint density at radius 2 is 2.13 bits per heavy atom. The molecule has 0 saturated carbocycles. The zero-order valence-electron chi connectivity index (χ0n) is 8.91. The van der Waals surface area contributed by atoms with Crippen molar-refractivity contribution in [2.45, 2.75) is 13.3 Å². The fourth-order valence-corrected chi connectivity index (χ4v) is 2.17. The van der Waals surface area contributed by atoms with Crippen molar-refractivity contribution in [2.24, 2.45) is 0 Å². The van der Waals surface area contributed by atoms with E-state index < -0.39 is 0 Å². The molecule has 84 valence electrons. The first-order chi connectivity index (χ1) is 7.19. The molecule has 0 fully saturated rings. The summed E-state index contributed by atoms with van der Waals surface area (Å²) in [4.78, 5) is 2.14. The van der Waals surface area contributed by atoms with E-state index in [2.05, 4.69) is 27.8 Å². The van der Waals surface area contributed by atoms with E-state index in [1.54, 1.807) is 0 Å². The molecule has 15 heavy (non-hydrogen) atoms. The van der Waals surface area contributed by atoms with E-state index in [0.717, 1.165) is 28.8 Å². The third-order valence-electron chi connectivity index (χ3n) is 2.18. The second-order valence-electron chi connectivity index (χ2n) is 3.42. The number of nitrogen functional groups attached to an aromatic ring is 1. The largest absolute Gasteiger partial charge is 0.399 e. The van der Waals surface area contributed by atoms with E-state index in [4.69, 9.17) is 10.8 Å². The van der Waals surface area contributed by atoms with E-state index in [-0.39, 0.29) is 6.61 Å². The van der Waals surface area contributed by atoms with Gasteiger partial charge in [-0.25, -0.2) is 0 Å². The van der Waals surface area contributed by atoms with Gasteiger partial charge in [0, 0.05) is 23.2 Å². The quantitative estimate of drug-likeness (QED) is 0.809. The summed E-state index contributed by atoms with van der Waals surface area (Å²) in [5.74, 6) is 0. The molecule has 0 atom stereocenters. The summed E-state index contributed by atoms with van der Waals surface area (Å²) in [6.45, 7) is 3.87. The van der Waals surface area contributed by atoms with Gasteiger partial charge in [0.05, 0.1) is 12.3 Å². The van der Waals surface area contributed by atoms with Crippen LogP contribution in [0.4, 0.5) is 11.4 Å². The normalized spacial score (nSPS) is 10.3. The molecule has 3 nitrogen and oxygen atoms in total. The van der Waals surface area contributed by atoms with Crippen molar-refractivity contribution in [1.82, 2.24) is 0 Å². The van der Waals surface area contributed by atoms with Gasteiger partial charge >= 0.3 is 0 Å². The molecule has 0 amide bonds. The lowest BCUT2D eigenvalue weighted by Gasteiger charge is -2.24. The predicted molar refractivity (Wildman–Crippen MR) is 68.1 cm³/mol. The Morgan fingerprint density at radius 3 is 2.67 bits per heavy atom. The van der Waals surface area contributed by atoms with Gasteiger partial charge in [-0.3, -0.25) is 0 Å². The fraction of sp³-hybridized carbons (Fsp3) is 0.455. The monoisotopic (exact) mass is 272 g/mol. The van der Waals surface area contributed by atoms with Crippen LogP contribution in [0.1, 0.15) is 13.3 Å². The highest BCUT2D eigenvalue weighted by Gasteiger charge is 2.08. The minimum Gasteiger partial charge on any atom is -0.399 e. The molecule has 1 aromatic carbocycles. The molecular formula is C11H17BrN2O. The van der Waals surface area contributed by atoms with Crippen LogP contribution in [0.15, 0.2) is 22.7 Å². The van der Waals surface area contributed by atoms with Crippen LogP contribution in [0, 0.1) is 0 Å². The zero-order valence-corrected chi connectivity index (χ0v) is 10.5. The zero-order chi connectivity index (χ0) is 11.3. The third kappa shape index (κ3) is 3.39. The van der Waals surface area contributed by atoms with Crippen LogP contribution in [0.2, 0.25) is 0 Å². The van der Waals surface area contributed by atoms with E-state index in [9.17, 15) is 0 Å². The average molecular weight is 273 g/mol. The summed E-state index contributed by atoms with van der Waals surface area (Å²) in [5, 5.41) is 8.99. The Kier molecular flexibility index (Phi) is 4.91. The van der Waals surface area contributed by atoms with Crippen molar-refractivity contribution in [3.63, 3.8) is 0 Å². The minimum atomic E-state index is 0.164. The Bertz CT molecular complexity index is 311. The second kappa shape index (κ2) is 5.98. The maximum Gasteiger partial charge on any atom is 0.0606 e. The first kappa shape index (κ1) is 12.3. The van der Waals surface area contributed by atoms with Gasteiger partial charge in [0.2, 0.25) is 0 Å². The molecule has 0 radical (unpaired) electrons. The summed E-state index contributed by atoms with van der Waals surface area (Å²) in [5.41, 5.74) is 7.50. The lowest BCUT2D eigenvalue weighted by molar-refractivity contribution is 0.302. The highest BCUT2D eigenvalue weighted by Crippen LogP contribution is 2.28. The molecule has 1 rings (SSSR count). The van der Waals surface area contributed by atoms with Gasteiger partial charge < -0.3 is 15.7 Å². The highest BCUT2D eigenvalue weighted by molar-refractivity contribution is 9.10. The van der Waals surface area contributed by atoms with E-state index >= 15 is 0 Å². The number of nitrogens with zero attached hydrogens (tertiary/aromatic N) is 1. The molecule has 0 aliphatic rings. The van der Waals surface area contributed by atoms with Gasteiger partial charge in [0.25, 0.3) is 0 Å². The van der Waals surface area contributed by atoms with Gasteiger partial charge in [-0.1, -0.05) is 6.92 Å². The van der Waals surface area contributed by atoms with Gasteiger partial charge in [-0.05, 0) is 40.5 Å². The van der Waals surface area contributed by atoms with Crippen LogP contribution in [-0.2, 0) is 0 Å². The number of aliphatic hydroxyl groups excluding tert-OH is 1. The van der Waals surface area contributed by atoms with Crippen LogP contribution in [0.3, 0.4) is 0 Å². The standard InChI is InChI=1S/C11H17BrN2O/c1-2-5-14(6-7-15)11-4-3-9(13)8-10(11)12/h3-4,8,15H,2,5-7,13H2,1H3. The SMILES string of the molecule is CCCN(CCO)c1ccc(N)cc1Br. The molecule has 0 unspecified atom stereocenters. The first-order valence-corrected chi connectivity index (χ1v) is 5.89. The van der Waals surface area contributed by atoms with Crippen molar-refractivity contribution in [2.75, 3.05) is 30.3 Å². The van der Waals surface area contributed by atoms with Crippen LogP contribution >= 0.6 is 15.9 Å². The summed E-state index contributed by atoms with van der Waals surface area (Å²) >= 11 is 3.48. The molecular weight excluding hydrogens is 256 g/mol. The van der Waals surface area contributed by atoms with Crippen LogP contribution in [0.5, 0.6) is 0 Å². The number of hydrogen-bond donors (Lipinski definition) is 2. The van der Waals surface area contributed by atoms with Crippen LogP contribution in [-0.4, -0.2) is 24.8 Å². The summed E-state index contributed by atoms with van der Waals surface area (Å²) in [7, 11) is 0. The predicted octanol–water partition coefficient (Wildman–Crippen LogP) is 2.24. The minimum absolute atomic E-state index is 0.164. The van der Waals surface area contributed by atoms with Crippen molar-refractivity contribution in [1.29, 1.82) is 0 Å². The van der Waals surface area contributed by atoms with Crippen molar-refractivity contribution >= 4 is 27.3 Å². The molecule has 0 aromatic heterocycles. The highest BCUT2D eigenvalue weighted by atomic mass is 79.9. The Balaban J connectivity index is 2.89. The summed E-state index contributed by atoms with van der Waals surface area (Å²) in [6.07, 6.45) is 1.05. The van der Waals surface area contributed by atoms with Gasteiger partial charge in [-0.2, -0.15) is 0 Å². The Morgan fingerprint density at radius 1 is 1.40 bits per heavy atom. The number of rotatable bonds is 5. The van der Waals surface area contributed by atoms with Crippen LogP contribution in [0.25, 0.3) is 0 Å². The summed E-state index contributed by atoms with van der Waals surface area (Å²) in [6, 6.07) is 5.74. The molecule has 0 spiro atoms. The molecule has 0 aliphatic carbocycles. The molecule has 3 N–H and O–H groups in total. The van der Waals surface area contributed by atoms with Gasteiger partial charge in [0.1, 0.15) is 0 Å². The lowest BCUT2D eigenvalue weighted by Crippen LogP contribution is -2.27. The number of halogens is 1. The Labute approximate surface area is 99.0 Å². The maximum absolute atomic E-state index is 8.99. The summed E-state index contributed by atoms with van der Waals surface area (Å²) < 4.78 is 0.976. The van der Waals surface area contributed by atoms with E-state index in [1.165, 1.54) is 0 Å². The lowest BCUT2D eigenvalue weighted by atomic mass is 10.2. The third-order valence-corrected chi connectivity index (χ3v) is 2.81. The Hall–Kier alpha value is -0.740. The number of anilines is 2. The number of hydrogen-bond acceptors (Lipinski definition) is 3. The number of nitrogens with two attached hydrogens (primary N) is 1. The molecule has 0 aliphatic heterocycles. The van der Waals surface area contributed by atoms with Gasteiger partial charge in [-0.15, -0.1) is 0 Å². The first-order valence-electron chi connectivity index (χ1n) is 5.10. The van der Waals surface area contributed by atoms with Crippen LogP contribution < -0.4 is 10.6 Å². The molecule has 0 saturated heterocycles. The second-order valence-corrected chi connectivity index (χ2v) is 4.28. The number of benzene rings is 1. The van der Waals surface area contributed by atoms with Crippen molar-refractivity contribution in [3.8, 4) is 0 Å². The van der Waals surface area contributed by atoms with E-state index in [0.29, 0.717) is 6.54 Å². The van der Waals surface area contributed by atoms with E-state index in [1.807, 2.05) is 18.2 Å².